The van der Waals surface area contributed by atoms with Crippen molar-refractivity contribution in [2.24, 2.45) is 16.7 Å². The molecular weight excluding hydrogens is 334 g/mol. The monoisotopic (exact) mass is 361 g/mol. The molecule has 4 atom stereocenters. The molecule has 0 radical (unpaired) electrons. The van der Waals surface area contributed by atoms with E-state index < -0.39 is 5.60 Å². The first kappa shape index (κ1) is 17.4. The van der Waals surface area contributed by atoms with Gasteiger partial charge in [-0.15, -0.1) is 0 Å². The van der Waals surface area contributed by atoms with Crippen LogP contribution >= 0.6 is 11.6 Å². The van der Waals surface area contributed by atoms with Gasteiger partial charge in [-0.3, -0.25) is 4.79 Å². The third-order valence-corrected chi connectivity index (χ3v) is 7.39. The number of hydrogen-bond acceptors (Lipinski definition) is 2. The fraction of sp³-hybridized carbons (Fsp3) is 0.667. The van der Waals surface area contributed by atoms with Crippen molar-refractivity contribution >= 4 is 17.5 Å². The van der Waals surface area contributed by atoms with Crippen LogP contribution in [0.1, 0.15) is 57.4 Å². The van der Waals surface area contributed by atoms with Gasteiger partial charge in [-0.2, -0.15) is 0 Å². The van der Waals surface area contributed by atoms with E-state index in [9.17, 15) is 9.90 Å². The molecule has 4 heteroatoms. The third-order valence-electron chi connectivity index (χ3n) is 7.02. The summed E-state index contributed by atoms with van der Waals surface area (Å²) in [6.45, 7) is 2.83. The first-order chi connectivity index (χ1) is 11.9. The third kappa shape index (κ3) is 3.00. The minimum atomic E-state index is -0.616. The zero-order chi connectivity index (χ0) is 17.7. The van der Waals surface area contributed by atoms with Gasteiger partial charge in [0, 0.05) is 11.6 Å². The Hall–Kier alpha value is -1.06. The molecule has 25 heavy (non-hydrogen) atoms. The molecule has 4 fully saturated rings. The molecule has 0 aliphatic heterocycles. The van der Waals surface area contributed by atoms with Gasteiger partial charge in [-0.05, 0) is 67.9 Å². The summed E-state index contributed by atoms with van der Waals surface area (Å²) in [6.07, 6.45) is 7.35. The Balaban J connectivity index is 1.46. The average Bonchev–Trinajstić information content (AvgIpc) is 2.54. The number of rotatable bonds is 5. The van der Waals surface area contributed by atoms with Crippen LogP contribution in [0.15, 0.2) is 24.3 Å². The predicted octanol–water partition coefficient (Wildman–Crippen LogP) is 4.11. The van der Waals surface area contributed by atoms with Crippen molar-refractivity contribution in [1.29, 1.82) is 0 Å². The highest BCUT2D eigenvalue weighted by molar-refractivity contribution is 6.31. The van der Waals surface area contributed by atoms with Gasteiger partial charge in [0.25, 0.3) is 0 Å². The molecule has 0 heterocycles. The maximum Gasteiger partial charge on any atom is 0.226 e. The Bertz CT molecular complexity index is 692. The number of nitrogens with one attached hydrogen (secondary N) is 1. The van der Waals surface area contributed by atoms with E-state index in [1.165, 1.54) is 6.42 Å². The molecule has 4 bridgehead atoms. The van der Waals surface area contributed by atoms with E-state index in [-0.39, 0.29) is 16.7 Å². The fourth-order valence-corrected chi connectivity index (χ4v) is 6.66. The second kappa shape index (κ2) is 5.99. The second-order valence-electron chi connectivity index (χ2n) is 8.96. The Kier molecular flexibility index (Phi) is 4.16. The SMILES string of the molecule is CCC12CC3CC(O)(C1)CC(C(=O)NCCc1ccccc1Cl)(C3)C2. The van der Waals surface area contributed by atoms with Gasteiger partial charge in [0.15, 0.2) is 0 Å². The average molecular weight is 362 g/mol. The lowest BCUT2D eigenvalue weighted by Gasteiger charge is -2.64. The number of benzene rings is 1. The van der Waals surface area contributed by atoms with Crippen LogP contribution in [0, 0.1) is 16.7 Å². The number of amides is 1. The van der Waals surface area contributed by atoms with Crippen molar-refractivity contribution in [2.75, 3.05) is 6.54 Å². The van der Waals surface area contributed by atoms with Crippen LogP contribution in [0.5, 0.6) is 0 Å². The van der Waals surface area contributed by atoms with Crippen LogP contribution in [-0.2, 0) is 11.2 Å². The molecule has 0 saturated heterocycles. The van der Waals surface area contributed by atoms with Crippen molar-refractivity contribution < 1.29 is 9.90 Å². The molecule has 136 valence electrons. The summed E-state index contributed by atoms with van der Waals surface area (Å²) >= 11 is 6.21. The maximum absolute atomic E-state index is 13.1. The van der Waals surface area contributed by atoms with Gasteiger partial charge in [-0.1, -0.05) is 43.1 Å². The molecule has 2 N–H and O–H groups in total. The highest BCUT2D eigenvalue weighted by Crippen LogP contribution is 2.67. The molecule has 4 unspecified atom stereocenters. The Morgan fingerprint density at radius 1 is 1.24 bits per heavy atom. The molecule has 1 aromatic rings. The topological polar surface area (TPSA) is 49.3 Å². The first-order valence-electron chi connectivity index (χ1n) is 9.62. The van der Waals surface area contributed by atoms with E-state index >= 15 is 0 Å². The van der Waals surface area contributed by atoms with Crippen LogP contribution < -0.4 is 5.32 Å². The molecule has 0 aromatic heterocycles. The summed E-state index contributed by atoms with van der Waals surface area (Å²) in [5.41, 5.74) is 0.271. The van der Waals surface area contributed by atoms with E-state index in [0.717, 1.165) is 49.1 Å². The highest BCUT2D eigenvalue weighted by Gasteiger charge is 2.64. The molecule has 1 amide bonds. The maximum atomic E-state index is 13.1. The van der Waals surface area contributed by atoms with Gasteiger partial charge >= 0.3 is 0 Å². The van der Waals surface area contributed by atoms with E-state index in [0.29, 0.717) is 18.9 Å². The zero-order valence-corrected chi connectivity index (χ0v) is 15.7. The summed E-state index contributed by atoms with van der Waals surface area (Å²) in [5.74, 6) is 0.662. The molecular formula is C21H28ClNO2. The normalized spacial score (nSPS) is 38.8. The van der Waals surface area contributed by atoms with Crippen LogP contribution in [0.25, 0.3) is 0 Å². The van der Waals surface area contributed by atoms with Gasteiger partial charge in [0.2, 0.25) is 5.91 Å². The summed E-state index contributed by atoms with van der Waals surface area (Å²) in [6, 6.07) is 7.79. The Labute approximate surface area is 155 Å². The highest BCUT2D eigenvalue weighted by atomic mass is 35.5. The van der Waals surface area contributed by atoms with Gasteiger partial charge in [0.05, 0.1) is 11.0 Å². The smallest absolute Gasteiger partial charge is 0.226 e. The Morgan fingerprint density at radius 2 is 2.04 bits per heavy atom. The molecule has 0 spiro atoms. The van der Waals surface area contributed by atoms with Crippen molar-refractivity contribution in [2.45, 2.75) is 63.9 Å². The minimum Gasteiger partial charge on any atom is -0.390 e. The lowest BCUT2D eigenvalue weighted by Crippen LogP contribution is -2.63. The van der Waals surface area contributed by atoms with Crippen molar-refractivity contribution in [3.8, 4) is 0 Å². The van der Waals surface area contributed by atoms with Crippen LogP contribution in [0.3, 0.4) is 0 Å². The van der Waals surface area contributed by atoms with E-state index in [4.69, 9.17) is 11.6 Å². The van der Waals surface area contributed by atoms with Crippen molar-refractivity contribution in [3.63, 3.8) is 0 Å². The van der Waals surface area contributed by atoms with E-state index in [1.54, 1.807) is 0 Å². The lowest BCUT2D eigenvalue weighted by molar-refractivity contribution is -0.204. The van der Waals surface area contributed by atoms with Crippen LogP contribution in [0.4, 0.5) is 0 Å². The number of carbonyl (C=O) groups is 1. The van der Waals surface area contributed by atoms with E-state index in [2.05, 4.69) is 12.2 Å². The molecule has 4 saturated carbocycles. The summed E-state index contributed by atoms with van der Waals surface area (Å²) in [5, 5.41) is 15.0. The van der Waals surface area contributed by atoms with Crippen molar-refractivity contribution in [3.05, 3.63) is 34.9 Å². The quantitative estimate of drug-likeness (QED) is 0.829. The summed E-state index contributed by atoms with van der Waals surface area (Å²) in [4.78, 5) is 13.1. The fourth-order valence-electron chi connectivity index (χ4n) is 6.43. The number of aliphatic hydroxyl groups is 1. The van der Waals surface area contributed by atoms with Gasteiger partial charge in [0.1, 0.15) is 0 Å². The number of carbonyl (C=O) groups excluding carboxylic acids is 1. The molecule has 3 nitrogen and oxygen atoms in total. The molecule has 4 aliphatic carbocycles. The molecule has 1 aromatic carbocycles. The Morgan fingerprint density at radius 3 is 2.76 bits per heavy atom. The standard InChI is InChI=1S/C21H28ClNO2/c1-2-19-9-15-10-20(12-19,14-21(25,11-15)13-19)18(24)23-8-7-16-5-3-4-6-17(16)22/h3-6,15,25H,2,7-14H2,1H3,(H,23,24). The second-order valence-corrected chi connectivity index (χ2v) is 9.37. The van der Waals surface area contributed by atoms with Gasteiger partial charge in [-0.25, -0.2) is 0 Å². The largest absolute Gasteiger partial charge is 0.390 e. The first-order valence-corrected chi connectivity index (χ1v) is 10.00. The van der Waals surface area contributed by atoms with Crippen molar-refractivity contribution in [1.82, 2.24) is 5.32 Å². The van der Waals surface area contributed by atoms with Crippen LogP contribution in [0.2, 0.25) is 5.02 Å². The van der Waals surface area contributed by atoms with Crippen LogP contribution in [-0.4, -0.2) is 23.2 Å². The summed E-state index contributed by atoms with van der Waals surface area (Å²) < 4.78 is 0. The molecule has 4 aliphatic rings. The van der Waals surface area contributed by atoms with Gasteiger partial charge < -0.3 is 10.4 Å². The summed E-state index contributed by atoms with van der Waals surface area (Å²) in [7, 11) is 0. The minimum absolute atomic E-state index is 0.153. The zero-order valence-electron chi connectivity index (χ0n) is 15.0. The van der Waals surface area contributed by atoms with E-state index in [1.807, 2.05) is 24.3 Å². The lowest BCUT2D eigenvalue weighted by atomic mass is 9.42. The molecule has 5 rings (SSSR count). The number of hydrogen-bond donors (Lipinski definition) is 2. The predicted molar refractivity (Wildman–Crippen MR) is 99.5 cm³/mol. The number of halogens is 1.